The number of pyridine rings is 1. The zero-order valence-electron chi connectivity index (χ0n) is 11.6. The molecule has 19 heavy (non-hydrogen) atoms. The van der Waals surface area contributed by atoms with Crippen LogP contribution >= 0.6 is 0 Å². The third-order valence-corrected chi connectivity index (χ3v) is 3.95. The lowest BCUT2D eigenvalue weighted by Crippen LogP contribution is -2.38. The van der Waals surface area contributed by atoms with Crippen molar-refractivity contribution >= 4 is 0 Å². The Morgan fingerprint density at radius 3 is 2.79 bits per heavy atom. The van der Waals surface area contributed by atoms with Gasteiger partial charge in [-0.05, 0) is 30.5 Å². The second-order valence-corrected chi connectivity index (χ2v) is 5.35. The molecule has 0 bridgehead atoms. The van der Waals surface area contributed by atoms with E-state index < -0.39 is 0 Å². The molecule has 0 amide bonds. The molecule has 1 fully saturated rings. The predicted molar refractivity (Wildman–Crippen MR) is 76.5 cm³/mol. The third kappa shape index (κ3) is 4.27. The summed E-state index contributed by atoms with van der Waals surface area (Å²) in [6.07, 6.45) is 8.34. The first-order valence-corrected chi connectivity index (χ1v) is 7.32. The zero-order valence-corrected chi connectivity index (χ0v) is 11.6. The van der Waals surface area contributed by atoms with E-state index in [0.717, 1.165) is 18.8 Å². The lowest BCUT2D eigenvalue weighted by Gasteiger charge is -2.34. The minimum absolute atomic E-state index is 0.228. The first kappa shape index (κ1) is 14.4. The Morgan fingerprint density at radius 1 is 1.32 bits per heavy atom. The third-order valence-electron chi connectivity index (χ3n) is 3.95. The van der Waals surface area contributed by atoms with Crippen molar-refractivity contribution in [1.82, 2.24) is 9.88 Å². The van der Waals surface area contributed by atoms with Crippen molar-refractivity contribution in [3.63, 3.8) is 0 Å². The normalized spacial score (nSPS) is 17.0. The monoisotopic (exact) mass is 263 g/mol. The minimum atomic E-state index is 0.228. The maximum atomic E-state index is 9.27. The largest absolute Gasteiger partial charge is 0.395 e. The van der Waals surface area contributed by atoms with Crippen LogP contribution in [0.15, 0.2) is 18.3 Å². The highest BCUT2D eigenvalue weighted by Gasteiger charge is 2.20. The summed E-state index contributed by atoms with van der Waals surface area (Å²) in [5.74, 6) is 0. The number of hydrogen-bond donors (Lipinski definition) is 2. The van der Waals surface area contributed by atoms with Crippen LogP contribution in [0.2, 0.25) is 0 Å². The highest BCUT2D eigenvalue weighted by atomic mass is 16.3. The average Bonchev–Trinajstić information content (AvgIpc) is 2.48. The van der Waals surface area contributed by atoms with Gasteiger partial charge in [0.2, 0.25) is 0 Å². The molecular formula is C15H25N3O. The molecule has 0 unspecified atom stereocenters. The van der Waals surface area contributed by atoms with Crippen molar-refractivity contribution < 1.29 is 5.11 Å². The Morgan fingerprint density at radius 2 is 2.11 bits per heavy atom. The van der Waals surface area contributed by atoms with Crippen molar-refractivity contribution in [2.75, 3.05) is 13.2 Å². The summed E-state index contributed by atoms with van der Waals surface area (Å²) in [5.41, 5.74) is 7.82. The van der Waals surface area contributed by atoms with Crippen molar-refractivity contribution in [2.45, 2.75) is 51.2 Å². The quantitative estimate of drug-likeness (QED) is 0.819. The summed E-state index contributed by atoms with van der Waals surface area (Å²) >= 11 is 0. The fraction of sp³-hybridized carbons (Fsp3) is 0.667. The van der Waals surface area contributed by atoms with Gasteiger partial charge in [-0.2, -0.15) is 0 Å². The van der Waals surface area contributed by atoms with Crippen LogP contribution in [0.4, 0.5) is 0 Å². The van der Waals surface area contributed by atoms with Crippen LogP contribution < -0.4 is 5.73 Å². The number of aromatic nitrogens is 1. The van der Waals surface area contributed by atoms with Crippen molar-refractivity contribution in [2.24, 2.45) is 5.73 Å². The second-order valence-electron chi connectivity index (χ2n) is 5.35. The summed E-state index contributed by atoms with van der Waals surface area (Å²) in [7, 11) is 0. The van der Waals surface area contributed by atoms with Crippen molar-refractivity contribution in [1.29, 1.82) is 0 Å². The van der Waals surface area contributed by atoms with Crippen molar-refractivity contribution in [3.8, 4) is 0 Å². The first-order chi connectivity index (χ1) is 9.33. The lowest BCUT2D eigenvalue weighted by molar-refractivity contribution is 0.117. The number of aliphatic hydroxyl groups excluding tert-OH is 1. The highest BCUT2D eigenvalue weighted by molar-refractivity contribution is 5.16. The molecular weight excluding hydrogens is 238 g/mol. The number of aliphatic hydroxyl groups is 1. The lowest BCUT2D eigenvalue weighted by atomic mass is 9.94. The molecule has 0 aromatic carbocycles. The Hall–Kier alpha value is -0.970. The van der Waals surface area contributed by atoms with Gasteiger partial charge in [-0.15, -0.1) is 0 Å². The standard InChI is InChI=1S/C15H25N3O/c16-11-14-10-13(6-7-17-14)12-18(8-9-19)15-4-2-1-3-5-15/h6-7,10,15,19H,1-5,8-9,11-12,16H2. The van der Waals surface area contributed by atoms with Crippen LogP contribution in [0.5, 0.6) is 0 Å². The molecule has 0 atom stereocenters. The van der Waals surface area contributed by atoms with Crippen LogP contribution in [0, 0.1) is 0 Å². The maximum Gasteiger partial charge on any atom is 0.0558 e. The van der Waals surface area contributed by atoms with Gasteiger partial charge >= 0.3 is 0 Å². The van der Waals surface area contributed by atoms with Gasteiger partial charge in [0.25, 0.3) is 0 Å². The predicted octanol–water partition coefficient (Wildman–Crippen LogP) is 1.67. The van der Waals surface area contributed by atoms with Gasteiger partial charge in [0.1, 0.15) is 0 Å². The summed E-state index contributed by atoms with van der Waals surface area (Å²) in [6.45, 7) is 2.36. The topological polar surface area (TPSA) is 62.4 Å². The van der Waals surface area contributed by atoms with Crippen LogP contribution in [0.25, 0.3) is 0 Å². The first-order valence-electron chi connectivity index (χ1n) is 7.32. The van der Waals surface area contributed by atoms with Crippen molar-refractivity contribution in [3.05, 3.63) is 29.6 Å². The minimum Gasteiger partial charge on any atom is -0.395 e. The SMILES string of the molecule is NCc1cc(CN(CCO)C2CCCCC2)ccn1. The smallest absolute Gasteiger partial charge is 0.0558 e. The van der Waals surface area contributed by atoms with Gasteiger partial charge in [-0.1, -0.05) is 19.3 Å². The zero-order chi connectivity index (χ0) is 13.5. The van der Waals surface area contributed by atoms with E-state index in [4.69, 9.17) is 5.73 Å². The van der Waals surface area contributed by atoms with Gasteiger partial charge in [-0.3, -0.25) is 9.88 Å². The van der Waals surface area contributed by atoms with Crippen LogP contribution in [-0.2, 0) is 13.1 Å². The van der Waals surface area contributed by atoms with Gasteiger partial charge in [0, 0.05) is 31.9 Å². The molecule has 1 aromatic rings. The molecule has 106 valence electrons. The molecule has 2 rings (SSSR count). The van der Waals surface area contributed by atoms with E-state index in [1.54, 1.807) is 0 Å². The molecule has 3 N–H and O–H groups in total. The Bertz CT molecular complexity index is 377. The van der Waals surface area contributed by atoms with E-state index in [2.05, 4.69) is 16.0 Å². The molecule has 0 radical (unpaired) electrons. The van der Waals surface area contributed by atoms with Gasteiger partial charge < -0.3 is 10.8 Å². The number of rotatable bonds is 6. The molecule has 0 spiro atoms. The van der Waals surface area contributed by atoms with Crippen LogP contribution in [0.1, 0.15) is 43.4 Å². The highest BCUT2D eigenvalue weighted by Crippen LogP contribution is 2.23. The number of nitrogens with two attached hydrogens (primary N) is 1. The number of nitrogens with zero attached hydrogens (tertiary/aromatic N) is 2. The summed E-state index contributed by atoms with van der Waals surface area (Å²) in [6, 6.07) is 4.75. The van der Waals surface area contributed by atoms with Gasteiger partial charge in [0.05, 0.1) is 12.3 Å². The van der Waals surface area contributed by atoms with Crippen LogP contribution in [0.3, 0.4) is 0 Å². The Balaban J connectivity index is 2.01. The van der Waals surface area contributed by atoms with E-state index in [9.17, 15) is 5.11 Å². The summed E-state index contributed by atoms with van der Waals surface area (Å²) in [5, 5.41) is 9.27. The van der Waals surface area contributed by atoms with E-state index in [1.165, 1.54) is 37.7 Å². The molecule has 1 aliphatic rings. The fourth-order valence-corrected chi connectivity index (χ4v) is 2.94. The summed E-state index contributed by atoms with van der Waals surface area (Å²) in [4.78, 5) is 6.64. The average molecular weight is 263 g/mol. The molecule has 0 saturated heterocycles. The molecule has 4 nitrogen and oxygen atoms in total. The van der Waals surface area contributed by atoms with Gasteiger partial charge in [0.15, 0.2) is 0 Å². The number of hydrogen-bond acceptors (Lipinski definition) is 4. The molecule has 1 aliphatic carbocycles. The summed E-state index contributed by atoms with van der Waals surface area (Å²) < 4.78 is 0. The van der Waals surface area contributed by atoms with E-state index in [0.29, 0.717) is 12.6 Å². The molecule has 1 saturated carbocycles. The molecule has 4 heteroatoms. The fourth-order valence-electron chi connectivity index (χ4n) is 2.94. The maximum absolute atomic E-state index is 9.27. The van der Waals surface area contributed by atoms with E-state index in [1.807, 2.05) is 12.3 Å². The van der Waals surface area contributed by atoms with E-state index in [-0.39, 0.29) is 6.61 Å². The Labute approximate surface area is 115 Å². The molecule has 0 aliphatic heterocycles. The van der Waals surface area contributed by atoms with E-state index >= 15 is 0 Å². The molecule has 1 heterocycles. The van der Waals surface area contributed by atoms with Gasteiger partial charge in [-0.25, -0.2) is 0 Å². The Kier molecular flexibility index (Phi) is 5.76. The van der Waals surface area contributed by atoms with Crippen LogP contribution in [-0.4, -0.2) is 34.2 Å². The second kappa shape index (κ2) is 7.58. The molecule has 1 aromatic heterocycles.